The van der Waals surface area contributed by atoms with Crippen molar-refractivity contribution in [3.63, 3.8) is 0 Å². The lowest BCUT2D eigenvalue weighted by Gasteiger charge is -2.24. The average molecular weight is 414 g/mol. The topological polar surface area (TPSA) is 58.2 Å². The first-order valence-corrected chi connectivity index (χ1v) is 10.3. The molecule has 28 heavy (non-hydrogen) atoms. The summed E-state index contributed by atoms with van der Waals surface area (Å²) < 4.78 is 67.9. The Labute approximate surface area is 164 Å². The van der Waals surface area contributed by atoms with Crippen LogP contribution in [0.2, 0.25) is 0 Å². The standard InChI is InChI=1S/C20H25F3N2O2S/c1-12-6-7-17(14(3)8-12)24-11-18(20(21,22)23)25-28(26,27)19-15(4)9-13(2)10-16(19)5/h6-10,18,24-25H,11H2,1-5H3. The molecule has 0 aliphatic rings. The highest BCUT2D eigenvalue weighted by Crippen LogP contribution is 2.26. The third kappa shape index (κ3) is 5.26. The molecule has 2 aromatic carbocycles. The highest BCUT2D eigenvalue weighted by Gasteiger charge is 2.42. The third-order valence-electron chi connectivity index (χ3n) is 4.44. The largest absolute Gasteiger partial charge is 0.406 e. The van der Waals surface area contributed by atoms with Gasteiger partial charge in [0.25, 0.3) is 0 Å². The van der Waals surface area contributed by atoms with E-state index in [1.54, 1.807) is 52.0 Å². The summed E-state index contributed by atoms with van der Waals surface area (Å²) in [5, 5.41) is 2.71. The van der Waals surface area contributed by atoms with E-state index in [2.05, 4.69) is 5.32 Å². The van der Waals surface area contributed by atoms with Gasteiger partial charge in [0.1, 0.15) is 6.04 Å². The van der Waals surface area contributed by atoms with Gasteiger partial charge in [0.2, 0.25) is 10.0 Å². The van der Waals surface area contributed by atoms with Crippen LogP contribution in [-0.4, -0.2) is 27.2 Å². The number of alkyl halides is 3. The molecule has 0 aliphatic heterocycles. The summed E-state index contributed by atoms with van der Waals surface area (Å²) in [5.74, 6) is 0. The van der Waals surface area contributed by atoms with Crippen molar-refractivity contribution < 1.29 is 21.6 Å². The Morgan fingerprint density at radius 1 is 0.893 bits per heavy atom. The van der Waals surface area contributed by atoms with Gasteiger partial charge in [0, 0.05) is 12.2 Å². The Balaban J connectivity index is 2.29. The number of anilines is 1. The van der Waals surface area contributed by atoms with Crippen LogP contribution >= 0.6 is 0 Å². The van der Waals surface area contributed by atoms with Crippen molar-refractivity contribution in [1.82, 2.24) is 4.72 Å². The number of sulfonamides is 1. The van der Waals surface area contributed by atoms with Gasteiger partial charge in [0.15, 0.2) is 0 Å². The fourth-order valence-corrected chi connectivity index (χ4v) is 4.96. The highest BCUT2D eigenvalue weighted by atomic mass is 32.2. The lowest BCUT2D eigenvalue weighted by molar-refractivity contribution is -0.148. The molecule has 2 N–H and O–H groups in total. The van der Waals surface area contributed by atoms with Crippen LogP contribution in [0.1, 0.15) is 27.8 Å². The minimum atomic E-state index is -4.74. The van der Waals surface area contributed by atoms with Gasteiger partial charge in [0.05, 0.1) is 4.90 Å². The monoisotopic (exact) mass is 414 g/mol. The third-order valence-corrected chi connectivity index (χ3v) is 6.22. The van der Waals surface area contributed by atoms with Gasteiger partial charge in [-0.1, -0.05) is 35.4 Å². The zero-order valence-corrected chi connectivity index (χ0v) is 17.3. The molecular weight excluding hydrogens is 389 g/mol. The first-order valence-electron chi connectivity index (χ1n) is 8.79. The van der Waals surface area contributed by atoms with Crippen molar-refractivity contribution in [3.8, 4) is 0 Å². The maximum Gasteiger partial charge on any atom is 0.406 e. The van der Waals surface area contributed by atoms with Gasteiger partial charge in [-0.05, 0) is 57.4 Å². The van der Waals surface area contributed by atoms with Crippen LogP contribution in [0.15, 0.2) is 35.2 Å². The summed E-state index contributed by atoms with van der Waals surface area (Å²) in [7, 11) is -4.35. The second kappa shape index (κ2) is 8.13. The second-order valence-corrected chi connectivity index (χ2v) is 8.79. The van der Waals surface area contributed by atoms with Gasteiger partial charge in [-0.3, -0.25) is 0 Å². The number of hydrogen-bond acceptors (Lipinski definition) is 3. The summed E-state index contributed by atoms with van der Waals surface area (Å²) >= 11 is 0. The molecule has 2 aromatic rings. The van der Waals surface area contributed by atoms with Gasteiger partial charge >= 0.3 is 6.18 Å². The molecule has 2 rings (SSSR count). The van der Waals surface area contributed by atoms with E-state index in [4.69, 9.17) is 0 Å². The average Bonchev–Trinajstić information content (AvgIpc) is 2.50. The quantitative estimate of drug-likeness (QED) is 0.729. The van der Waals surface area contributed by atoms with Crippen LogP contribution in [0, 0.1) is 34.6 Å². The van der Waals surface area contributed by atoms with Crippen LogP contribution in [-0.2, 0) is 10.0 Å². The van der Waals surface area contributed by atoms with E-state index in [-0.39, 0.29) is 4.90 Å². The number of aryl methyl sites for hydroxylation is 5. The van der Waals surface area contributed by atoms with Crippen LogP contribution in [0.3, 0.4) is 0 Å². The fourth-order valence-electron chi connectivity index (χ4n) is 3.29. The maximum atomic E-state index is 13.5. The van der Waals surface area contributed by atoms with Crippen molar-refractivity contribution in [1.29, 1.82) is 0 Å². The van der Waals surface area contributed by atoms with E-state index in [9.17, 15) is 21.6 Å². The predicted octanol–water partition coefficient (Wildman–Crippen LogP) is 4.55. The van der Waals surface area contributed by atoms with Crippen molar-refractivity contribution in [2.45, 2.75) is 51.7 Å². The zero-order chi connectivity index (χ0) is 21.3. The van der Waals surface area contributed by atoms with E-state index < -0.39 is 28.8 Å². The van der Waals surface area contributed by atoms with E-state index in [1.807, 2.05) is 17.7 Å². The van der Waals surface area contributed by atoms with Gasteiger partial charge in [-0.2, -0.15) is 17.9 Å². The first-order chi connectivity index (χ1) is 12.8. The minimum absolute atomic E-state index is 0.112. The molecule has 4 nitrogen and oxygen atoms in total. The van der Waals surface area contributed by atoms with E-state index in [1.165, 1.54) is 0 Å². The van der Waals surface area contributed by atoms with Crippen molar-refractivity contribution >= 4 is 15.7 Å². The molecule has 0 saturated heterocycles. The number of rotatable bonds is 6. The van der Waals surface area contributed by atoms with E-state index in [0.29, 0.717) is 16.8 Å². The summed E-state index contributed by atoms with van der Waals surface area (Å²) in [6.07, 6.45) is -4.74. The molecule has 0 radical (unpaired) electrons. The molecule has 0 aromatic heterocycles. The van der Waals surface area contributed by atoms with E-state index >= 15 is 0 Å². The Hall–Kier alpha value is -2.06. The van der Waals surface area contributed by atoms with Crippen LogP contribution in [0.25, 0.3) is 0 Å². The molecule has 0 heterocycles. The van der Waals surface area contributed by atoms with Crippen LogP contribution in [0.5, 0.6) is 0 Å². The molecule has 1 unspecified atom stereocenters. The molecule has 0 amide bonds. The number of halogens is 3. The van der Waals surface area contributed by atoms with Crippen molar-refractivity contribution in [3.05, 3.63) is 58.1 Å². The normalized spacial score (nSPS) is 13.4. The number of hydrogen-bond donors (Lipinski definition) is 2. The van der Waals surface area contributed by atoms with Gasteiger partial charge in [-0.15, -0.1) is 0 Å². The predicted molar refractivity (Wildman–Crippen MR) is 105 cm³/mol. The number of nitrogens with one attached hydrogen (secondary N) is 2. The zero-order valence-electron chi connectivity index (χ0n) is 16.5. The molecule has 8 heteroatoms. The summed E-state index contributed by atoms with van der Waals surface area (Å²) in [6, 6.07) is 6.31. The Morgan fingerprint density at radius 3 is 1.93 bits per heavy atom. The lowest BCUT2D eigenvalue weighted by atomic mass is 10.1. The summed E-state index contributed by atoms with van der Waals surface area (Å²) in [6.45, 7) is 8.00. The van der Waals surface area contributed by atoms with E-state index in [0.717, 1.165) is 16.7 Å². The summed E-state index contributed by atoms with van der Waals surface area (Å²) in [5.41, 5.74) is 3.97. The Bertz CT molecular complexity index is 947. The smallest absolute Gasteiger partial charge is 0.383 e. The fraction of sp³-hybridized carbons (Fsp3) is 0.400. The number of benzene rings is 2. The molecule has 0 spiro atoms. The van der Waals surface area contributed by atoms with Crippen molar-refractivity contribution in [2.24, 2.45) is 0 Å². The lowest BCUT2D eigenvalue weighted by Crippen LogP contribution is -2.49. The van der Waals surface area contributed by atoms with Gasteiger partial charge < -0.3 is 5.32 Å². The molecule has 0 bridgehead atoms. The molecule has 0 aliphatic carbocycles. The Kier molecular flexibility index (Phi) is 6.45. The molecule has 0 saturated carbocycles. The van der Waals surface area contributed by atoms with Crippen LogP contribution in [0.4, 0.5) is 18.9 Å². The first kappa shape index (κ1) is 22.2. The Morgan fingerprint density at radius 2 is 1.43 bits per heavy atom. The molecule has 0 fully saturated rings. The highest BCUT2D eigenvalue weighted by molar-refractivity contribution is 7.89. The molecule has 154 valence electrons. The second-order valence-electron chi connectivity index (χ2n) is 7.14. The van der Waals surface area contributed by atoms with Gasteiger partial charge in [-0.25, -0.2) is 8.42 Å². The minimum Gasteiger partial charge on any atom is -0.383 e. The maximum absolute atomic E-state index is 13.5. The molecular formula is C20H25F3N2O2S. The van der Waals surface area contributed by atoms with Crippen molar-refractivity contribution in [2.75, 3.05) is 11.9 Å². The summed E-state index contributed by atoms with van der Waals surface area (Å²) in [4.78, 5) is -0.112. The molecule has 1 atom stereocenters. The SMILES string of the molecule is Cc1ccc(NCC(NS(=O)(=O)c2c(C)cc(C)cc2C)C(F)(F)F)c(C)c1. The van der Waals surface area contributed by atoms with Crippen LogP contribution < -0.4 is 10.0 Å².